The lowest BCUT2D eigenvalue weighted by molar-refractivity contribution is 0.590. The van der Waals surface area contributed by atoms with Gasteiger partial charge in [-0.3, -0.25) is 0 Å². The van der Waals surface area contributed by atoms with E-state index < -0.39 is 0 Å². The van der Waals surface area contributed by atoms with Crippen molar-refractivity contribution in [3.8, 4) is 17.2 Å². The summed E-state index contributed by atoms with van der Waals surface area (Å²) in [5.74, 6) is 0. The molecule has 0 saturated heterocycles. The molecule has 37 heavy (non-hydrogen) atoms. The molecule has 0 aromatic heterocycles. The van der Waals surface area contributed by atoms with Crippen molar-refractivity contribution < 1.29 is 0 Å². The Kier molecular flexibility index (Phi) is 6.76. The molecule has 0 fully saturated rings. The second-order valence-corrected chi connectivity index (χ2v) is 11.6. The Bertz CT molecular complexity index is 1370. The summed E-state index contributed by atoms with van der Waals surface area (Å²) in [6, 6.07) is 31.4. The molecule has 4 aromatic rings. The Balaban J connectivity index is 1.79. The first-order valence-corrected chi connectivity index (χ1v) is 12.6. The average Bonchev–Trinajstić information content (AvgIpc) is 2.85. The lowest BCUT2D eigenvalue weighted by Crippen LogP contribution is -2.14. The molecule has 0 saturated carbocycles. The van der Waals surface area contributed by atoms with E-state index in [1.165, 1.54) is 11.1 Å². The van der Waals surface area contributed by atoms with E-state index in [9.17, 15) is 5.26 Å². The second-order valence-electron chi connectivity index (χ2n) is 11.6. The molecule has 188 valence electrons. The highest BCUT2D eigenvalue weighted by molar-refractivity contribution is 5.82. The molecular formula is C33H36N4. The van der Waals surface area contributed by atoms with Crippen molar-refractivity contribution in [2.45, 2.75) is 52.4 Å². The van der Waals surface area contributed by atoms with Crippen molar-refractivity contribution in [1.82, 2.24) is 0 Å². The average molecular weight is 489 g/mol. The van der Waals surface area contributed by atoms with Gasteiger partial charge < -0.3 is 16.4 Å². The fraction of sp³-hybridized carbons (Fsp3) is 0.242. The maximum absolute atomic E-state index is 9.64. The van der Waals surface area contributed by atoms with E-state index >= 15 is 0 Å². The van der Waals surface area contributed by atoms with Gasteiger partial charge >= 0.3 is 0 Å². The minimum Gasteiger partial charge on any atom is -0.397 e. The minimum absolute atomic E-state index is 0.0821. The van der Waals surface area contributed by atoms with Crippen LogP contribution in [0.15, 0.2) is 84.9 Å². The van der Waals surface area contributed by atoms with Crippen LogP contribution < -0.4 is 16.4 Å². The Morgan fingerprint density at radius 1 is 0.595 bits per heavy atom. The Morgan fingerprint density at radius 2 is 0.973 bits per heavy atom. The van der Waals surface area contributed by atoms with Crippen molar-refractivity contribution in [2.75, 3.05) is 16.4 Å². The SMILES string of the molecule is CC(C)(C)c1ccc(N(c2ccc(-c3cc(N)c(N)cc3C#N)cc2)c2ccc(C(C)(C)C)cc2)cc1. The first kappa shape index (κ1) is 25.9. The highest BCUT2D eigenvalue weighted by Gasteiger charge is 2.19. The first-order valence-electron chi connectivity index (χ1n) is 12.6. The van der Waals surface area contributed by atoms with Crippen LogP contribution in [0.25, 0.3) is 11.1 Å². The van der Waals surface area contributed by atoms with E-state index in [2.05, 4.69) is 113 Å². The molecule has 0 unspecified atom stereocenters. The zero-order valence-corrected chi connectivity index (χ0v) is 22.6. The third kappa shape index (κ3) is 5.47. The molecule has 0 aliphatic heterocycles. The molecule has 4 N–H and O–H groups in total. The van der Waals surface area contributed by atoms with Gasteiger partial charge in [-0.15, -0.1) is 0 Å². The quantitative estimate of drug-likeness (QED) is 0.282. The van der Waals surface area contributed by atoms with Crippen LogP contribution in [0.1, 0.15) is 58.2 Å². The predicted molar refractivity (Wildman–Crippen MR) is 158 cm³/mol. The van der Waals surface area contributed by atoms with Crippen LogP contribution >= 0.6 is 0 Å². The maximum atomic E-state index is 9.64. The van der Waals surface area contributed by atoms with Gasteiger partial charge in [0.1, 0.15) is 0 Å². The molecule has 4 rings (SSSR count). The van der Waals surface area contributed by atoms with Gasteiger partial charge in [0.05, 0.1) is 23.0 Å². The van der Waals surface area contributed by atoms with Gasteiger partial charge in [-0.25, -0.2) is 0 Å². The number of rotatable bonds is 4. The topological polar surface area (TPSA) is 79.1 Å². The summed E-state index contributed by atoms with van der Waals surface area (Å²) in [6.45, 7) is 13.4. The highest BCUT2D eigenvalue weighted by Crippen LogP contribution is 2.38. The van der Waals surface area contributed by atoms with Gasteiger partial charge in [-0.05, 0) is 76.1 Å². The molecule has 4 heteroatoms. The number of benzene rings is 4. The van der Waals surface area contributed by atoms with Crippen molar-refractivity contribution >= 4 is 28.4 Å². The molecular weight excluding hydrogens is 452 g/mol. The van der Waals surface area contributed by atoms with Crippen molar-refractivity contribution in [2.24, 2.45) is 0 Å². The number of hydrogen-bond donors (Lipinski definition) is 2. The molecule has 4 nitrogen and oxygen atoms in total. The molecule has 0 heterocycles. The van der Waals surface area contributed by atoms with E-state index in [1.54, 1.807) is 12.1 Å². The number of anilines is 5. The summed E-state index contributed by atoms with van der Waals surface area (Å²) in [5.41, 5.74) is 21.0. The summed E-state index contributed by atoms with van der Waals surface area (Å²) < 4.78 is 0. The lowest BCUT2D eigenvalue weighted by Gasteiger charge is -2.28. The summed E-state index contributed by atoms with van der Waals surface area (Å²) in [7, 11) is 0. The Hall–Kier alpha value is -4.23. The number of nitriles is 1. The fourth-order valence-electron chi connectivity index (χ4n) is 4.42. The van der Waals surface area contributed by atoms with Crippen molar-refractivity contribution in [3.05, 3.63) is 102 Å². The maximum Gasteiger partial charge on any atom is 0.0998 e. The normalized spacial score (nSPS) is 11.7. The first-order chi connectivity index (χ1) is 17.4. The predicted octanol–water partition coefficient (Wildman–Crippen LogP) is 8.45. The van der Waals surface area contributed by atoms with Crippen LogP contribution in [-0.2, 0) is 10.8 Å². The van der Waals surface area contributed by atoms with Crippen molar-refractivity contribution in [3.63, 3.8) is 0 Å². The van der Waals surface area contributed by atoms with Crippen LogP contribution in [0.5, 0.6) is 0 Å². The highest BCUT2D eigenvalue weighted by atomic mass is 15.1. The van der Waals surface area contributed by atoms with Gasteiger partial charge in [0.2, 0.25) is 0 Å². The van der Waals surface area contributed by atoms with Gasteiger partial charge in [-0.1, -0.05) is 77.9 Å². The monoisotopic (exact) mass is 488 g/mol. The van der Waals surface area contributed by atoms with Crippen LogP contribution in [0.3, 0.4) is 0 Å². The molecule has 0 amide bonds. The number of nitrogen functional groups attached to an aromatic ring is 2. The van der Waals surface area contributed by atoms with Gasteiger partial charge in [0.25, 0.3) is 0 Å². The van der Waals surface area contributed by atoms with Gasteiger partial charge in [-0.2, -0.15) is 5.26 Å². The van der Waals surface area contributed by atoms with E-state index in [-0.39, 0.29) is 10.8 Å². The molecule has 0 aliphatic rings. The number of nitrogens with zero attached hydrogens (tertiary/aromatic N) is 2. The van der Waals surface area contributed by atoms with Gasteiger partial charge in [0, 0.05) is 22.6 Å². The summed E-state index contributed by atoms with van der Waals surface area (Å²) in [5, 5.41) is 9.64. The van der Waals surface area contributed by atoms with E-state index in [1.807, 2.05) is 12.1 Å². The third-order valence-electron chi connectivity index (χ3n) is 6.76. The van der Waals surface area contributed by atoms with Crippen LogP contribution in [-0.4, -0.2) is 0 Å². The Morgan fingerprint density at radius 3 is 1.35 bits per heavy atom. The summed E-state index contributed by atoms with van der Waals surface area (Å²) in [4.78, 5) is 2.26. The largest absolute Gasteiger partial charge is 0.397 e. The van der Waals surface area contributed by atoms with Crippen LogP contribution in [0.4, 0.5) is 28.4 Å². The summed E-state index contributed by atoms with van der Waals surface area (Å²) >= 11 is 0. The standard InChI is InChI=1S/C33H36N4/c1-32(2,3)24-9-15-27(16-10-24)37(28-17-11-25(12-18-28)33(4,5)6)26-13-7-22(8-14-26)29-20-31(36)30(35)19-23(29)21-34/h7-20H,35-36H2,1-6H3. The minimum atomic E-state index is 0.0821. The van der Waals surface area contributed by atoms with E-state index in [4.69, 9.17) is 11.5 Å². The fourth-order valence-corrected chi connectivity index (χ4v) is 4.42. The zero-order chi connectivity index (χ0) is 27.0. The number of nitrogens with two attached hydrogens (primary N) is 2. The molecule has 0 bridgehead atoms. The molecule has 0 aliphatic carbocycles. The zero-order valence-electron chi connectivity index (χ0n) is 22.6. The number of hydrogen-bond acceptors (Lipinski definition) is 4. The molecule has 0 atom stereocenters. The van der Waals surface area contributed by atoms with Crippen molar-refractivity contribution in [1.29, 1.82) is 5.26 Å². The smallest absolute Gasteiger partial charge is 0.0998 e. The van der Waals surface area contributed by atoms with Crippen LogP contribution in [0.2, 0.25) is 0 Å². The second kappa shape index (κ2) is 9.67. The van der Waals surface area contributed by atoms with E-state index in [0.29, 0.717) is 16.9 Å². The lowest BCUT2D eigenvalue weighted by atomic mass is 9.86. The third-order valence-corrected chi connectivity index (χ3v) is 6.76. The summed E-state index contributed by atoms with van der Waals surface area (Å²) in [6.07, 6.45) is 0. The molecule has 4 aromatic carbocycles. The van der Waals surface area contributed by atoms with E-state index in [0.717, 1.165) is 28.2 Å². The Labute approximate surface area is 221 Å². The van der Waals surface area contributed by atoms with Gasteiger partial charge in [0.15, 0.2) is 0 Å². The molecule has 0 spiro atoms. The molecule has 0 radical (unpaired) electrons. The van der Waals surface area contributed by atoms with Crippen LogP contribution in [0, 0.1) is 11.3 Å².